The van der Waals surface area contributed by atoms with Gasteiger partial charge in [-0.1, -0.05) is 70.4 Å². The van der Waals surface area contributed by atoms with Gasteiger partial charge in [0.25, 0.3) is 0 Å². The third-order valence-electron chi connectivity index (χ3n) is 6.13. The number of aliphatic hydroxyl groups is 1. The minimum absolute atomic E-state index is 0.0929. The largest absolute Gasteiger partial charge is 0.481 e. The number of esters is 1. The van der Waals surface area contributed by atoms with E-state index in [0.29, 0.717) is 0 Å². The molecule has 2 N–H and O–H groups in total. The van der Waals surface area contributed by atoms with Crippen LogP contribution in [0.2, 0.25) is 0 Å². The molecule has 0 spiro atoms. The number of aliphatic hydroxyl groups excluding tert-OH is 1. The Morgan fingerprint density at radius 2 is 1.56 bits per heavy atom. The molecule has 0 aromatic rings. The summed E-state index contributed by atoms with van der Waals surface area (Å²) < 4.78 is 5.20. The SMILES string of the molecule is CCCCCCC1C=CC(CCCCCCCC(=O)O)C2C(=O)OC(O)C12. The van der Waals surface area contributed by atoms with E-state index in [2.05, 4.69) is 19.1 Å². The molecule has 0 saturated carbocycles. The molecule has 2 rings (SSSR count). The first kappa shape index (κ1) is 21.9. The van der Waals surface area contributed by atoms with E-state index in [0.717, 1.165) is 51.4 Å². The summed E-state index contributed by atoms with van der Waals surface area (Å²) in [5.74, 6) is -0.859. The van der Waals surface area contributed by atoms with E-state index in [-0.39, 0.29) is 36.1 Å². The molecule has 0 bridgehead atoms. The number of carbonyl (C=O) groups is 2. The van der Waals surface area contributed by atoms with E-state index in [9.17, 15) is 14.7 Å². The topological polar surface area (TPSA) is 83.8 Å². The zero-order valence-corrected chi connectivity index (χ0v) is 16.6. The molecule has 1 aliphatic heterocycles. The van der Waals surface area contributed by atoms with Crippen LogP contribution in [-0.4, -0.2) is 28.4 Å². The van der Waals surface area contributed by atoms with Crippen LogP contribution in [0.4, 0.5) is 0 Å². The van der Waals surface area contributed by atoms with Crippen LogP contribution in [0.3, 0.4) is 0 Å². The number of hydrogen-bond donors (Lipinski definition) is 2. The first-order chi connectivity index (χ1) is 13.0. The standard InChI is InChI=1S/C22H36O5/c1-2-3-4-8-11-16-14-15-17(20-19(16)21(25)27-22(20)26)12-9-6-5-7-10-13-18(23)24/h14-17,19-21,25H,2-13H2,1H3,(H,23,24). The summed E-state index contributed by atoms with van der Waals surface area (Å²) in [4.78, 5) is 22.8. The highest BCUT2D eigenvalue weighted by molar-refractivity contribution is 5.76. The van der Waals surface area contributed by atoms with Gasteiger partial charge in [0.15, 0.2) is 0 Å². The number of ether oxygens (including phenoxy) is 1. The summed E-state index contributed by atoms with van der Waals surface area (Å²) in [7, 11) is 0. The Balaban J connectivity index is 1.79. The van der Waals surface area contributed by atoms with Crippen molar-refractivity contribution in [2.24, 2.45) is 23.7 Å². The van der Waals surface area contributed by atoms with Crippen molar-refractivity contribution in [1.29, 1.82) is 0 Å². The molecule has 154 valence electrons. The first-order valence-corrected chi connectivity index (χ1v) is 10.8. The van der Waals surface area contributed by atoms with Gasteiger partial charge < -0.3 is 14.9 Å². The highest BCUT2D eigenvalue weighted by Gasteiger charge is 2.51. The third kappa shape index (κ3) is 6.63. The number of hydrogen-bond acceptors (Lipinski definition) is 4. The second-order valence-corrected chi connectivity index (χ2v) is 8.19. The fraction of sp³-hybridized carbons (Fsp3) is 0.818. The van der Waals surface area contributed by atoms with Gasteiger partial charge in [0, 0.05) is 12.3 Å². The Morgan fingerprint density at radius 1 is 0.963 bits per heavy atom. The number of rotatable bonds is 13. The maximum absolute atomic E-state index is 12.3. The molecule has 0 aromatic carbocycles. The molecular formula is C22H36O5. The fourth-order valence-corrected chi connectivity index (χ4v) is 4.64. The number of allylic oxidation sites excluding steroid dienone is 2. The Kier molecular flexibility index (Phi) is 9.32. The highest BCUT2D eigenvalue weighted by atomic mass is 16.6. The van der Waals surface area contributed by atoms with Gasteiger partial charge >= 0.3 is 11.9 Å². The zero-order valence-electron chi connectivity index (χ0n) is 16.6. The van der Waals surface area contributed by atoms with Crippen molar-refractivity contribution in [3.05, 3.63) is 12.2 Å². The average Bonchev–Trinajstić information content (AvgIpc) is 2.94. The lowest BCUT2D eigenvalue weighted by molar-refractivity contribution is -0.157. The van der Waals surface area contributed by atoms with Crippen LogP contribution >= 0.6 is 0 Å². The number of carbonyl (C=O) groups excluding carboxylic acids is 1. The minimum atomic E-state index is -0.956. The molecule has 0 amide bonds. The van der Waals surface area contributed by atoms with Gasteiger partial charge in [-0.3, -0.25) is 9.59 Å². The summed E-state index contributed by atoms with van der Waals surface area (Å²) in [6, 6.07) is 0. The van der Waals surface area contributed by atoms with Crippen LogP contribution in [0.15, 0.2) is 12.2 Å². The Hall–Kier alpha value is -1.36. The van der Waals surface area contributed by atoms with Crippen molar-refractivity contribution in [3.8, 4) is 0 Å². The number of carboxylic acids is 1. The molecule has 2 aliphatic rings. The van der Waals surface area contributed by atoms with Crippen LogP contribution in [0, 0.1) is 23.7 Å². The van der Waals surface area contributed by atoms with Gasteiger partial charge in [-0.2, -0.15) is 0 Å². The summed E-state index contributed by atoms with van der Waals surface area (Å²) in [6.45, 7) is 2.19. The highest BCUT2D eigenvalue weighted by Crippen LogP contribution is 2.45. The molecule has 5 heteroatoms. The van der Waals surface area contributed by atoms with Crippen molar-refractivity contribution in [2.45, 2.75) is 90.3 Å². The quantitative estimate of drug-likeness (QED) is 0.275. The molecule has 5 atom stereocenters. The number of fused-ring (bicyclic) bond motifs is 1. The second kappa shape index (κ2) is 11.5. The van der Waals surface area contributed by atoms with Gasteiger partial charge in [-0.15, -0.1) is 0 Å². The van der Waals surface area contributed by atoms with Crippen LogP contribution in [0.25, 0.3) is 0 Å². The van der Waals surface area contributed by atoms with Crippen LogP contribution < -0.4 is 0 Å². The molecular weight excluding hydrogens is 344 g/mol. The monoisotopic (exact) mass is 380 g/mol. The van der Waals surface area contributed by atoms with Crippen molar-refractivity contribution in [2.75, 3.05) is 0 Å². The average molecular weight is 381 g/mol. The summed E-state index contributed by atoms with van der Waals surface area (Å²) in [5.41, 5.74) is 0. The first-order valence-electron chi connectivity index (χ1n) is 10.8. The van der Waals surface area contributed by atoms with Gasteiger partial charge in [0.1, 0.15) is 0 Å². The molecule has 1 heterocycles. The second-order valence-electron chi connectivity index (χ2n) is 8.19. The van der Waals surface area contributed by atoms with E-state index >= 15 is 0 Å². The lowest BCUT2D eigenvalue weighted by Gasteiger charge is -2.33. The normalized spacial score (nSPS) is 29.6. The number of carboxylic acid groups (broad SMARTS) is 1. The van der Waals surface area contributed by atoms with E-state index in [1.54, 1.807) is 0 Å². The van der Waals surface area contributed by atoms with Crippen molar-refractivity contribution < 1.29 is 24.5 Å². The van der Waals surface area contributed by atoms with E-state index in [1.807, 2.05) is 0 Å². The molecule has 0 aromatic heterocycles. The predicted octanol–water partition coefficient (Wildman–Crippen LogP) is 4.68. The van der Waals surface area contributed by atoms with Gasteiger partial charge in [0.2, 0.25) is 6.29 Å². The summed E-state index contributed by atoms with van der Waals surface area (Å²) >= 11 is 0. The Labute approximate surface area is 163 Å². The Morgan fingerprint density at radius 3 is 2.26 bits per heavy atom. The van der Waals surface area contributed by atoms with E-state index in [1.165, 1.54) is 19.3 Å². The lowest BCUT2D eigenvalue weighted by atomic mass is 9.68. The van der Waals surface area contributed by atoms with Gasteiger partial charge in [0.05, 0.1) is 5.92 Å². The maximum Gasteiger partial charge on any atom is 0.312 e. The molecule has 1 saturated heterocycles. The molecule has 5 nitrogen and oxygen atoms in total. The van der Waals surface area contributed by atoms with Crippen LogP contribution in [0.1, 0.15) is 84.0 Å². The van der Waals surface area contributed by atoms with Crippen LogP contribution in [-0.2, 0) is 14.3 Å². The summed E-state index contributed by atoms with van der Waals surface area (Å²) in [6.07, 6.45) is 15.2. The Bertz CT molecular complexity index is 501. The predicted molar refractivity (Wildman–Crippen MR) is 104 cm³/mol. The van der Waals surface area contributed by atoms with Gasteiger partial charge in [-0.25, -0.2) is 0 Å². The maximum atomic E-state index is 12.3. The van der Waals surface area contributed by atoms with Gasteiger partial charge in [-0.05, 0) is 31.1 Å². The van der Waals surface area contributed by atoms with E-state index in [4.69, 9.17) is 9.84 Å². The molecule has 27 heavy (non-hydrogen) atoms. The lowest BCUT2D eigenvalue weighted by Crippen LogP contribution is -2.35. The van der Waals surface area contributed by atoms with Crippen LogP contribution in [0.5, 0.6) is 0 Å². The number of unbranched alkanes of at least 4 members (excludes halogenated alkanes) is 7. The minimum Gasteiger partial charge on any atom is -0.481 e. The van der Waals surface area contributed by atoms with Crippen molar-refractivity contribution >= 4 is 11.9 Å². The third-order valence-corrected chi connectivity index (χ3v) is 6.13. The molecule has 5 unspecified atom stereocenters. The molecule has 0 radical (unpaired) electrons. The number of cyclic esters (lactones) is 1. The molecule has 1 fully saturated rings. The van der Waals surface area contributed by atoms with Crippen molar-refractivity contribution in [1.82, 2.24) is 0 Å². The smallest absolute Gasteiger partial charge is 0.312 e. The zero-order chi connectivity index (χ0) is 19.6. The molecule has 1 aliphatic carbocycles. The van der Waals surface area contributed by atoms with E-state index < -0.39 is 12.3 Å². The number of aliphatic carboxylic acids is 1. The van der Waals surface area contributed by atoms with Crippen molar-refractivity contribution in [3.63, 3.8) is 0 Å². The fourth-order valence-electron chi connectivity index (χ4n) is 4.64. The summed E-state index contributed by atoms with van der Waals surface area (Å²) in [5, 5.41) is 18.9.